The highest BCUT2D eigenvalue weighted by Crippen LogP contribution is 2.34. The number of aryl methyl sites for hydroxylation is 1. The lowest BCUT2D eigenvalue weighted by Crippen LogP contribution is -2.55. The first-order valence-corrected chi connectivity index (χ1v) is 11.0. The second kappa shape index (κ2) is 8.03. The van der Waals surface area contributed by atoms with Crippen LogP contribution in [0.2, 0.25) is 0 Å². The third-order valence-corrected chi connectivity index (χ3v) is 7.14. The van der Waals surface area contributed by atoms with Gasteiger partial charge in [0.05, 0.1) is 5.60 Å². The standard InChI is InChI=1S/C23H35N3O2/c1-18-6-5-7-20(16-18)24-14-10-23(28,11-15-24)17-25-12-4-3-8-22-21(25)9-13-26(22)19(2)27/h5-7,16,21-22,28H,3-4,8-15,17H2,1-2H3/t21-,22-/m1/s1. The van der Waals surface area contributed by atoms with Gasteiger partial charge in [-0.15, -0.1) is 0 Å². The normalized spacial score (nSPS) is 28.1. The van der Waals surface area contributed by atoms with Gasteiger partial charge in [-0.25, -0.2) is 0 Å². The second-order valence-corrected chi connectivity index (χ2v) is 9.15. The zero-order valence-corrected chi connectivity index (χ0v) is 17.4. The number of aliphatic hydroxyl groups is 1. The molecular formula is C23H35N3O2. The topological polar surface area (TPSA) is 47.0 Å². The SMILES string of the molecule is CC(=O)N1CC[C@@H]2[C@H]1CCCCN2CC1(O)CCN(c2cccc(C)c2)CC1. The van der Waals surface area contributed by atoms with Gasteiger partial charge in [-0.1, -0.05) is 18.6 Å². The summed E-state index contributed by atoms with van der Waals surface area (Å²) >= 11 is 0. The van der Waals surface area contributed by atoms with E-state index in [0.717, 1.165) is 58.4 Å². The molecule has 1 aromatic carbocycles. The van der Waals surface area contributed by atoms with Crippen molar-refractivity contribution in [3.63, 3.8) is 0 Å². The number of amides is 1. The van der Waals surface area contributed by atoms with Crippen LogP contribution in [-0.2, 0) is 4.79 Å². The van der Waals surface area contributed by atoms with Crippen LogP contribution in [0.15, 0.2) is 24.3 Å². The summed E-state index contributed by atoms with van der Waals surface area (Å²) in [6.07, 6.45) is 6.14. The predicted molar refractivity (Wildman–Crippen MR) is 113 cm³/mol. The molecule has 3 heterocycles. The molecule has 3 aliphatic heterocycles. The summed E-state index contributed by atoms with van der Waals surface area (Å²) in [4.78, 5) is 19.0. The van der Waals surface area contributed by atoms with E-state index in [0.29, 0.717) is 12.1 Å². The van der Waals surface area contributed by atoms with E-state index in [2.05, 4.69) is 45.9 Å². The summed E-state index contributed by atoms with van der Waals surface area (Å²) in [6, 6.07) is 9.42. The predicted octanol–water partition coefficient (Wildman–Crippen LogP) is 2.80. The van der Waals surface area contributed by atoms with Crippen LogP contribution in [0.5, 0.6) is 0 Å². The van der Waals surface area contributed by atoms with Crippen molar-refractivity contribution in [2.75, 3.05) is 37.6 Å². The number of anilines is 1. The first-order valence-electron chi connectivity index (χ1n) is 11.0. The summed E-state index contributed by atoms with van der Waals surface area (Å²) in [7, 11) is 0. The summed E-state index contributed by atoms with van der Waals surface area (Å²) in [5, 5.41) is 11.4. The van der Waals surface area contributed by atoms with Gasteiger partial charge in [-0.2, -0.15) is 0 Å². The molecule has 0 saturated carbocycles. The maximum Gasteiger partial charge on any atom is 0.219 e. The van der Waals surface area contributed by atoms with Crippen LogP contribution in [0, 0.1) is 6.92 Å². The van der Waals surface area contributed by atoms with Gasteiger partial charge < -0.3 is 14.9 Å². The minimum Gasteiger partial charge on any atom is -0.388 e. The van der Waals surface area contributed by atoms with Crippen molar-refractivity contribution in [2.24, 2.45) is 0 Å². The molecule has 0 radical (unpaired) electrons. The van der Waals surface area contributed by atoms with Gasteiger partial charge in [-0.05, 0) is 63.3 Å². The molecule has 3 aliphatic rings. The van der Waals surface area contributed by atoms with Crippen LogP contribution in [0.1, 0.15) is 51.0 Å². The van der Waals surface area contributed by atoms with Crippen molar-refractivity contribution in [1.29, 1.82) is 0 Å². The highest BCUT2D eigenvalue weighted by atomic mass is 16.3. The number of β-amino-alcohol motifs (C(OH)–C–C–N with tert-alkyl or cyclic N) is 1. The summed E-state index contributed by atoms with van der Waals surface area (Å²) < 4.78 is 0. The molecule has 0 aliphatic carbocycles. The van der Waals surface area contributed by atoms with E-state index in [1.807, 2.05) is 0 Å². The Morgan fingerprint density at radius 1 is 1.11 bits per heavy atom. The number of likely N-dealkylation sites (tertiary alicyclic amines) is 2. The van der Waals surface area contributed by atoms with E-state index >= 15 is 0 Å². The van der Waals surface area contributed by atoms with Crippen molar-refractivity contribution < 1.29 is 9.90 Å². The molecule has 3 fully saturated rings. The first kappa shape index (κ1) is 19.7. The first-order chi connectivity index (χ1) is 13.5. The Morgan fingerprint density at radius 3 is 2.61 bits per heavy atom. The van der Waals surface area contributed by atoms with E-state index in [1.165, 1.54) is 24.1 Å². The van der Waals surface area contributed by atoms with Gasteiger partial charge in [0, 0.05) is 50.9 Å². The van der Waals surface area contributed by atoms with Gasteiger partial charge in [0.15, 0.2) is 0 Å². The third kappa shape index (κ3) is 4.06. The van der Waals surface area contributed by atoms with E-state index < -0.39 is 5.60 Å². The van der Waals surface area contributed by atoms with E-state index in [4.69, 9.17) is 0 Å². The Morgan fingerprint density at radius 2 is 1.89 bits per heavy atom. The molecule has 1 N–H and O–H groups in total. The number of hydrogen-bond acceptors (Lipinski definition) is 4. The highest BCUT2D eigenvalue weighted by Gasteiger charge is 2.43. The van der Waals surface area contributed by atoms with Crippen LogP contribution in [0.4, 0.5) is 5.69 Å². The molecule has 1 aromatic rings. The van der Waals surface area contributed by atoms with Crippen LogP contribution < -0.4 is 4.90 Å². The Hall–Kier alpha value is -1.59. The number of nitrogens with zero attached hydrogens (tertiary/aromatic N) is 3. The minimum absolute atomic E-state index is 0.208. The minimum atomic E-state index is -0.612. The molecule has 154 valence electrons. The van der Waals surface area contributed by atoms with Crippen molar-refractivity contribution >= 4 is 11.6 Å². The van der Waals surface area contributed by atoms with Crippen molar-refractivity contribution in [3.8, 4) is 0 Å². The Kier molecular flexibility index (Phi) is 5.66. The molecular weight excluding hydrogens is 350 g/mol. The monoisotopic (exact) mass is 385 g/mol. The van der Waals surface area contributed by atoms with Gasteiger partial charge in [0.2, 0.25) is 5.91 Å². The highest BCUT2D eigenvalue weighted by molar-refractivity contribution is 5.74. The largest absolute Gasteiger partial charge is 0.388 e. The summed E-state index contributed by atoms with van der Waals surface area (Å²) in [6.45, 7) is 8.32. The fraction of sp³-hybridized carbons (Fsp3) is 0.696. The third-order valence-electron chi connectivity index (χ3n) is 7.14. The Balaban J connectivity index is 1.40. The summed E-state index contributed by atoms with van der Waals surface area (Å²) in [5.74, 6) is 0.208. The number of benzene rings is 1. The average molecular weight is 386 g/mol. The molecule has 4 rings (SSSR count). The number of carbonyl (C=O) groups excluding carboxylic acids is 1. The van der Waals surface area contributed by atoms with E-state index in [-0.39, 0.29) is 5.91 Å². The van der Waals surface area contributed by atoms with Gasteiger partial charge >= 0.3 is 0 Å². The number of fused-ring (bicyclic) bond motifs is 1. The molecule has 28 heavy (non-hydrogen) atoms. The van der Waals surface area contributed by atoms with Crippen molar-refractivity contribution in [3.05, 3.63) is 29.8 Å². The van der Waals surface area contributed by atoms with Gasteiger partial charge in [0.1, 0.15) is 0 Å². The molecule has 3 saturated heterocycles. The lowest BCUT2D eigenvalue weighted by Gasteiger charge is -2.43. The smallest absolute Gasteiger partial charge is 0.219 e. The maximum absolute atomic E-state index is 12.0. The second-order valence-electron chi connectivity index (χ2n) is 9.15. The molecule has 0 aromatic heterocycles. The number of rotatable bonds is 3. The Labute approximate surface area is 169 Å². The fourth-order valence-electron chi connectivity index (χ4n) is 5.57. The molecule has 5 nitrogen and oxygen atoms in total. The maximum atomic E-state index is 12.0. The lowest BCUT2D eigenvalue weighted by molar-refractivity contribution is -0.130. The molecule has 5 heteroatoms. The van der Waals surface area contributed by atoms with Gasteiger partial charge in [0.25, 0.3) is 0 Å². The summed E-state index contributed by atoms with van der Waals surface area (Å²) in [5.41, 5.74) is 1.94. The zero-order valence-electron chi connectivity index (χ0n) is 17.4. The van der Waals surface area contributed by atoms with Crippen LogP contribution >= 0.6 is 0 Å². The average Bonchev–Trinajstić information content (AvgIpc) is 3.00. The van der Waals surface area contributed by atoms with Crippen LogP contribution in [0.3, 0.4) is 0 Å². The van der Waals surface area contributed by atoms with E-state index in [9.17, 15) is 9.90 Å². The molecule has 2 atom stereocenters. The van der Waals surface area contributed by atoms with Crippen molar-refractivity contribution in [1.82, 2.24) is 9.80 Å². The van der Waals surface area contributed by atoms with Crippen LogP contribution in [-0.4, -0.2) is 71.2 Å². The molecule has 0 bridgehead atoms. The van der Waals surface area contributed by atoms with Crippen molar-refractivity contribution in [2.45, 2.75) is 70.1 Å². The quantitative estimate of drug-likeness (QED) is 0.869. The van der Waals surface area contributed by atoms with Gasteiger partial charge in [-0.3, -0.25) is 9.69 Å². The molecule has 0 unspecified atom stereocenters. The number of hydrogen-bond donors (Lipinski definition) is 1. The van der Waals surface area contributed by atoms with Crippen LogP contribution in [0.25, 0.3) is 0 Å². The fourth-order valence-corrected chi connectivity index (χ4v) is 5.57. The lowest BCUT2D eigenvalue weighted by atomic mass is 9.89. The molecule has 1 amide bonds. The number of carbonyl (C=O) groups is 1. The zero-order chi connectivity index (χ0) is 19.7. The molecule has 0 spiro atoms. The Bertz CT molecular complexity index is 699. The number of piperidine rings is 1. The van der Waals surface area contributed by atoms with E-state index in [1.54, 1.807) is 6.92 Å².